The van der Waals surface area contributed by atoms with Crippen molar-refractivity contribution >= 4 is 15.7 Å². The van der Waals surface area contributed by atoms with Crippen LogP contribution in [-0.4, -0.2) is 42.5 Å². The van der Waals surface area contributed by atoms with Gasteiger partial charge in [-0.2, -0.15) is 8.42 Å². The molecule has 0 amide bonds. The highest BCUT2D eigenvalue weighted by Gasteiger charge is 2.38. The number of sulfonamides is 1. The van der Waals surface area contributed by atoms with E-state index in [1.807, 2.05) is 18.2 Å². The van der Waals surface area contributed by atoms with E-state index in [0.717, 1.165) is 25.4 Å². The van der Waals surface area contributed by atoms with Crippen LogP contribution in [0, 0.1) is 11.8 Å². The molecule has 7 heteroatoms. The Hall–Kier alpha value is -1.86. The van der Waals surface area contributed by atoms with Gasteiger partial charge in [0.2, 0.25) is 0 Å². The van der Waals surface area contributed by atoms with Crippen LogP contribution in [0.25, 0.3) is 0 Å². The van der Waals surface area contributed by atoms with Crippen molar-refractivity contribution < 1.29 is 8.42 Å². The molecule has 31 heavy (non-hydrogen) atoms. The third-order valence-electron chi connectivity index (χ3n) is 6.80. The number of rotatable bonds is 9. The zero-order valence-corrected chi connectivity index (χ0v) is 20.5. The molecule has 6 nitrogen and oxygen atoms in total. The Morgan fingerprint density at radius 3 is 2.71 bits per heavy atom. The molecule has 0 spiro atoms. The molecular weight excluding hydrogens is 408 g/mol. The number of likely N-dealkylation sites (tertiary alicyclic amines) is 1. The van der Waals surface area contributed by atoms with Crippen LogP contribution in [0.1, 0.15) is 58.9 Å². The SMILES string of the molecule is CC(C)CCCCN1CC[C@](C)(c2cccc(NS(=O)(=O)c3cn(C)cn3)c2)[C@@H](C)C1. The van der Waals surface area contributed by atoms with E-state index in [4.69, 9.17) is 0 Å². The molecule has 1 aliphatic rings. The molecule has 2 aromatic rings. The maximum atomic E-state index is 12.7. The normalized spacial score (nSPS) is 22.7. The highest BCUT2D eigenvalue weighted by molar-refractivity contribution is 7.92. The van der Waals surface area contributed by atoms with Crippen LogP contribution in [0.15, 0.2) is 41.8 Å². The first-order valence-corrected chi connectivity index (χ1v) is 12.9. The van der Waals surface area contributed by atoms with Crippen LogP contribution >= 0.6 is 0 Å². The van der Waals surface area contributed by atoms with Gasteiger partial charge in [0.1, 0.15) is 0 Å². The molecule has 0 unspecified atom stereocenters. The molecule has 1 saturated heterocycles. The van der Waals surface area contributed by atoms with E-state index in [0.29, 0.717) is 11.6 Å². The largest absolute Gasteiger partial charge is 0.339 e. The first-order chi connectivity index (χ1) is 14.6. The average Bonchev–Trinajstić information content (AvgIpc) is 3.15. The van der Waals surface area contributed by atoms with Crippen LogP contribution in [0.5, 0.6) is 0 Å². The van der Waals surface area contributed by atoms with Crippen molar-refractivity contribution in [2.24, 2.45) is 18.9 Å². The van der Waals surface area contributed by atoms with Crippen LogP contribution in [0.4, 0.5) is 5.69 Å². The van der Waals surface area contributed by atoms with Crippen molar-refractivity contribution in [3.63, 3.8) is 0 Å². The van der Waals surface area contributed by atoms with Gasteiger partial charge in [0.15, 0.2) is 5.03 Å². The monoisotopic (exact) mass is 446 g/mol. The number of anilines is 1. The van der Waals surface area contributed by atoms with Gasteiger partial charge in [-0.3, -0.25) is 4.72 Å². The number of nitrogens with zero attached hydrogens (tertiary/aromatic N) is 3. The fourth-order valence-corrected chi connectivity index (χ4v) is 5.54. The quantitative estimate of drug-likeness (QED) is 0.570. The van der Waals surface area contributed by atoms with Gasteiger partial charge in [-0.1, -0.05) is 52.7 Å². The number of unbranched alkanes of at least 4 members (excludes halogenated alkanes) is 1. The average molecular weight is 447 g/mol. The number of aryl methyl sites for hydroxylation is 1. The Morgan fingerprint density at radius 2 is 2.06 bits per heavy atom. The van der Waals surface area contributed by atoms with E-state index in [9.17, 15) is 8.42 Å². The van der Waals surface area contributed by atoms with Crippen molar-refractivity contribution in [1.29, 1.82) is 0 Å². The Bertz CT molecular complexity index is 969. The third-order valence-corrected chi connectivity index (χ3v) is 8.07. The zero-order chi connectivity index (χ0) is 22.6. The number of hydrogen-bond acceptors (Lipinski definition) is 4. The van der Waals surface area contributed by atoms with Gasteiger partial charge < -0.3 is 9.47 Å². The predicted molar refractivity (Wildman–Crippen MR) is 127 cm³/mol. The van der Waals surface area contributed by atoms with Crippen molar-refractivity contribution in [2.75, 3.05) is 24.4 Å². The lowest BCUT2D eigenvalue weighted by Crippen LogP contribution is -2.47. The van der Waals surface area contributed by atoms with Gasteiger partial charge in [0.25, 0.3) is 10.0 Å². The minimum absolute atomic E-state index is 0.0287. The number of aromatic nitrogens is 2. The summed E-state index contributed by atoms with van der Waals surface area (Å²) in [4.78, 5) is 6.57. The van der Waals surface area contributed by atoms with Gasteiger partial charge in [0.05, 0.1) is 6.33 Å². The van der Waals surface area contributed by atoms with Crippen molar-refractivity contribution in [1.82, 2.24) is 14.5 Å². The predicted octanol–water partition coefficient (Wildman–Crippen LogP) is 4.65. The highest BCUT2D eigenvalue weighted by Crippen LogP contribution is 2.40. The molecule has 1 aromatic heterocycles. The van der Waals surface area contributed by atoms with E-state index >= 15 is 0 Å². The summed E-state index contributed by atoms with van der Waals surface area (Å²) < 4.78 is 29.7. The molecule has 1 aromatic carbocycles. The minimum Gasteiger partial charge on any atom is -0.339 e. The van der Waals surface area contributed by atoms with Crippen LogP contribution in [0.2, 0.25) is 0 Å². The topological polar surface area (TPSA) is 67.2 Å². The molecule has 1 aliphatic heterocycles. The number of piperidine rings is 1. The summed E-state index contributed by atoms with van der Waals surface area (Å²) in [6.07, 6.45) is 7.96. The summed E-state index contributed by atoms with van der Waals surface area (Å²) in [6.45, 7) is 12.6. The summed E-state index contributed by atoms with van der Waals surface area (Å²) in [5.41, 5.74) is 1.81. The fourth-order valence-electron chi connectivity index (χ4n) is 4.51. The molecular formula is C24H38N4O2S. The number of imidazole rings is 1. The van der Waals surface area contributed by atoms with Gasteiger partial charge in [-0.25, -0.2) is 4.98 Å². The molecule has 3 rings (SSSR count). The van der Waals surface area contributed by atoms with Crippen LogP contribution in [0.3, 0.4) is 0 Å². The lowest BCUT2D eigenvalue weighted by atomic mass is 9.68. The second-order valence-corrected chi connectivity index (χ2v) is 11.5. The van der Waals surface area contributed by atoms with Crippen molar-refractivity contribution in [3.8, 4) is 0 Å². The van der Waals surface area contributed by atoms with E-state index < -0.39 is 10.0 Å². The first-order valence-electron chi connectivity index (χ1n) is 11.4. The number of benzene rings is 1. The minimum atomic E-state index is -3.69. The van der Waals surface area contributed by atoms with Crippen molar-refractivity contribution in [2.45, 2.75) is 63.8 Å². The second kappa shape index (κ2) is 9.74. The van der Waals surface area contributed by atoms with E-state index in [1.54, 1.807) is 11.6 Å². The second-order valence-electron chi connectivity index (χ2n) is 9.82. The molecule has 2 heterocycles. The highest BCUT2D eigenvalue weighted by atomic mass is 32.2. The Balaban J connectivity index is 1.66. The fraction of sp³-hybridized carbons (Fsp3) is 0.625. The molecule has 0 saturated carbocycles. The Kier molecular flexibility index (Phi) is 7.47. The summed E-state index contributed by atoms with van der Waals surface area (Å²) in [5, 5.41) is 0.0331. The van der Waals surface area contributed by atoms with Gasteiger partial charge >= 0.3 is 0 Å². The van der Waals surface area contributed by atoms with Gasteiger partial charge in [-0.15, -0.1) is 0 Å². The lowest BCUT2D eigenvalue weighted by molar-refractivity contribution is 0.109. The van der Waals surface area contributed by atoms with E-state index in [-0.39, 0.29) is 10.4 Å². The summed E-state index contributed by atoms with van der Waals surface area (Å²) in [7, 11) is -1.94. The van der Waals surface area contributed by atoms with E-state index in [1.165, 1.54) is 43.9 Å². The summed E-state index contributed by atoms with van der Waals surface area (Å²) in [6, 6.07) is 7.88. The molecule has 0 radical (unpaired) electrons. The number of nitrogens with one attached hydrogen (secondary N) is 1. The molecule has 1 N–H and O–H groups in total. The maximum absolute atomic E-state index is 12.7. The Morgan fingerprint density at radius 1 is 1.29 bits per heavy atom. The molecule has 0 aliphatic carbocycles. The molecule has 172 valence electrons. The molecule has 1 fully saturated rings. The lowest BCUT2D eigenvalue weighted by Gasteiger charge is -2.45. The van der Waals surface area contributed by atoms with Crippen LogP contribution < -0.4 is 4.72 Å². The molecule has 2 atom stereocenters. The van der Waals surface area contributed by atoms with Gasteiger partial charge in [0, 0.05) is 25.5 Å². The maximum Gasteiger partial charge on any atom is 0.280 e. The standard InChI is InChI=1S/C24H38N4O2S/c1-19(2)9-6-7-13-28-14-12-24(4,20(3)16-28)21-10-8-11-22(15-21)26-31(29,30)23-17-27(5)18-25-23/h8,10-11,15,17-20,26H,6-7,9,12-14,16H2,1-5H3/t20-,24-/m0/s1. The zero-order valence-electron chi connectivity index (χ0n) is 19.6. The number of hydrogen-bond donors (Lipinski definition) is 1. The smallest absolute Gasteiger partial charge is 0.280 e. The molecule has 0 bridgehead atoms. The van der Waals surface area contributed by atoms with Crippen LogP contribution in [-0.2, 0) is 22.5 Å². The van der Waals surface area contributed by atoms with Gasteiger partial charge in [-0.05, 0) is 60.9 Å². The first kappa shape index (κ1) is 23.8. The summed E-state index contributed by atoms with van der Waals surface area (Å²) in [5.74, 6) is 1.28. The Labute approximate surface area is 188 Å². The van der Waals surface area contributed by atoms with E-state index in [2.05, 4.69) is 48.4 Å². The summed E-state index contributed by atoms with van der Waals surface area (Å²) >= 11 is 0. The third kappa shape index (κ3) is 5.89. The van der Waals surface area contributed by atoms with Crippen molar-refractivity contribution in [3.05, 3.63) is 42.4 Å².